The van der Waals surface area contributed by atoms with Crippen LogP contribution in [0.15, 0.2) is 0 Å². The molecule has 0 aromatic carbocycles. The second-order valence-corrected chi connectivity index (χ2v) is 4.83. The molecule has 120 valence electrons. The van der Waals surface area contributed by atoms with Crippen molar-refractivity contribution in [3.8, 4) is 0 Å². The van der Waals surface area contributed by atoms with E-state index in [9.17, 15) is 14.4 Å². The summed E-state index contributed by atoms with van der Waals surface area (Å²) in [7, 11) is 0. The molecule has 1 aliphatic heterocycles. The number of carboxylic acids is 1. The monoisotopic (exact) mass is 301 g/mol. The molecule has 0 aromatic rings. The van der Waals surface area contributed by atoms with Crippen LogP contribution >= 0.6 is 0 Å². The fraction of sp³-hybridized carbons (Fsp3) is 0.769. The van der Waals surface area contributed by atoms with Gasteiger partial charge in [-0.3, -0.25) is 9.59 Å². The van der Waals surface area contributed by atoms with E-state index in [2.05, 4.69) is 10.6 Å². The number of likely N-dealkylation sites (N-methyl/N-ethyl adjacent to an activating group) is 1. The molecule has 3 amide bonds. The maximum Gasteiger partial charge on any atom is 0.318 e. The third kappa shape index (κ3) is 5.22. The predicted octanol–water partition coefficient (Wildman–Crippen LogP) is -0.214. The van der Waals surface area contributed by atoms with Crippen LogP contribution in [0.3, 0.4) is 0 Å². The van der Waals surface area contributed by atoms with Crippen LogP contribution in [0.5, 0.6) is 0 Å². The number of hydrogen-bond donors (Lipinski definition) is 3. The summed E-state index contributed by atoms with van der Waals surface area (Å²) in [5, 5.41) is 14.1. The topological polar surface area (TPSA) is 108 Å². The molecular formula is C13H23N3O5. The Bertz CT molecular complexity index is 388. The van der Waals surface area contributed by atoms with Crippen LogP contribution in [0.25, 0.3) is 0 Å². The number of aliphatic carboxylic acids is 1. The lowest BCUT2D eigenvalue weighted by atomic mass is 10.1. The van der Waals surface area contributed by atoms with Gasteiger partial charge in [0.15, 0.2) is 0 Å². The standard InChI is InChI=1S/C13H23N3O5/c1-3-9(7-11(17)18)15-13(20)16-5-6-21-8-10(16)12(19)14-4-2/h9-10H,3-8H2,1-2H3,(H,14,19)(H,15,20)(H,17,18). The lowest BCUT2D eigenvalue weighted by molar-refractivity contribution is -0.137. The van der Waals surface area contributed by atoms with Crippen LogP contribution in [0.4, 0.5) is 4.79 Å². The highest BCUT2D eigenvalue weighted by atomic mass is 16.5. The second-order valence-electron chi connectivity index (χ2n) is 4.83. The van der Waals surface area contributed by atoms with E-state index < -0.39 is 24.1 Å². The normalized spacial score (nSPS) is 19.7. The number of nitrogens with zero attached hydrogens (tertiary/aromatic N) is 1. The zero-order valence-corrected chi connectivity index (χ0v) is 12.4. The SMILES string of the molecule is CCNC(=O)C1COCCN1C(=O)NC(CC)CC(=O)O. The number of urea groups is 1. The zero-order chi connectivity index (χ0) is 15.8. The van der Waals surface area contributed by atoms with Gasteiger partial charge in [0.05, 0.1) is 19.6 Å². The van der Waals surface area contributed by atoms with Gasteiger partial charge in [0.2, 0.25) is 5.91 Å². The molecule has 21 heavy (non-hydrogen) atoms. The summed E-state index contributed by atoms with van der Waals surface area (Å²) in [5.74, 6) is -1.23. The summed E-state index contributed by atoms with van der Waals surface area (Å²) in [6.07, 6.45) is 0.368. The third-order valence-electron chi connectivity index (χ3n) is 3.28. The van der Waals surface area contributed by atoms with Crippen molar-refractivity contribution in [1.29, 1.82) is 0 Å². The Hall–Kier alpha value is -1.83. The van der Waals surface area contributed by atoms with Crippen molar-refractivity contribution in [3.05, 3.63) is 0 Å². The molecule has 8 nitrogen and oxygen atoms in total. The molecular weight excluding hydrogens is 278 g/mol. The molecule has 3 N–H and O–H groups in total. The van der Waals surface area contributed by atoms with Crippen molar-refractivity contribution < 1.29 is 24.2 Å². The fourth-order valence-corrected chi connectivity index (χ4v) is 2.12. The van der Waals surface area contributed by atoms with Crippen LogP contribution in [0.1, 0.15) is 26.7 Å². The van der Waals surface area contributed by atoms with Gasteiger partial charge in [0.25, 0.3) is 0 Å². The molecule has 1 heterocycles. The number of carboxylic acid groups (broad SMARTS) is 1. The van der Waals surface area contributed by atoms with Crippen molar-refractivity contribution in [1.82, 2.24) is 15.5 Å². The molecule has 0 radical (unpaired) electrons. The number of amides is 3. The summed E-state index contributed by atoms with van der Waals surface area (Å²) in [6.45, 7) is 4.88. The van der Waals surface area contributed by atoms with Crippen molar-refractivity contribution >= 4 is 17.9 Å². The van der Waals surface area contributed by atoms with Crippen LogP contribution in [-0.2, 0) is 14.3 Å². The molecule has 2 atom stereocenters. The van der Waals surface area contributed by atoms with Crippen LogP contribution in [-0.4, -0.2) is 66.3 Å². The summed E-state index contributed by atoms with van der Waals surface area (Å²) >= 11 is 0. The van der Waals surface area contributed by atoms with E-state index >= 15 is 0 Å². The lowest BCUT2D eigenvalue weighted by Gasteiger charge is -2.35. The smallest absolute Gasteiger partial charge is 0.318 e. The highest BCUT2D eigenvalue weighted by Gasteiger charge is 2.33. The Morgan fingerprint density at radius 1 is 1.38 bits per heavy atom. The summed E-state index contributed by atoms with van der Waals surface area (Å²) in [5.41, 5.74) is 0. The minimum Gasteiger partial charge on any atom is -0.481 e. The molecule has 2 unspecified atom stereocenters. The summed E-state index contributed by atoms with van der Waals surface area (Å²) in [6, 6.07) is -1.56. The number of nitrogens with one attached hydrogen (secondary N) is 2. The van der Waals surface area contributed by atoms with Crippen LogP contribution in [0.2, 0.25) is 0 Å². The van der Waals surface area contributed by atoms with Gasteiger partial charge in [-0.15, -0.1) is 0 Å². The average Bonchev–Trinajstić information content (AvgIpc) is 2.46. The third-order valence-corrected chi connectivity index (χ3v) is 3.28. The van der Waals surface area contributed by atoms with Crippen LogP contribution in [0, 0.1) is 0 Å². The van der Waals surface area contributed by atoms with Crippen molar-refractivity contribution in [3.63, 3.8) is 0 Å². The van der Waals surface area contributed by atoms with E-state index in [1.807, 2.05) is 0 Å². The average molecular weight is 301 g/mol. The number of ether oxygens (including phenoxy) is 1. The molecule has 0 aliphatic carbocycles. The Morgan fingerprint density at radius 3 is 2.67 bits per heavy atom. The Morgan fingerprint density at radius 2 is 2.10 bits per heavy atom. The van der Waals surface area contributed by atoms with Gasteiger partial charge >= 0.3 is 12.0 Å². The number of morpholine rings is 1. The highest BCUT2D eigenvalue weighted by Crippen LogP contribution is 2.09. The van der Waals surface area contributed by atoms with E-state index in [1.54, 1.807) is 13.8 Å². The van der Waals surface area contributed by atoms with Crippen molar-refractivity contribution in [2.75, 3.05) is 26.3 Å². The molecule has 0 spiro atoms. The molecule has 0 saturated carbocycles. The molecule has 1 rings (SSSR count). The molecule has 1 fully saturated rings. The second kappa shape index (κ2) is 8.46. The highest BCUT2D eigenvalue weighted by molar-refractivity contribution is 5.87. The Kier molecular flexibility index (Phi) is 6.93. The van der Waals surface area contributed by atoms with Crippen molar-refractivity contribution in [2.24, 2.45) is 0 Å². The quantitative estimate of drug-likeness (QED) is 0.629. The molecule has 1 aliphatic rings. The number of hydrogen-bond acceptors (Lipinski definition) is 4. The predicted molar refractivity (Wildman–Crippen MR) is 74.9 cm³/mol. The van der Waals surface area contributed by atoms with Gasteiger partial charge in [-0.2, -0.15) is 0 Å². The largest absolute Gasteiger partial charge is 0.481 e. The van der Waals surface area contributed by atoms with E-state index in [4.69, 9.17) is 9.84 Å². The lowest BCUT2D eigenvalue weighted by Crippen LogP contribution is -2.59. The Balaban J connectivity index is 2.67. The first kappa shape index (κ1) is 17.2. The van der Waals surface area contributed by atoms with E-state index in [0.29, 0.717) is 26.1 Å². The fourth-order valence-electron chi connectivity index (χ4n) is 2.12. The van der Waals surface area contributed by atoms with Gasteiger partial charge < -0.3 is 25.4 Å². The van der Waals surface area contributed by atoms with E-state index in [1.165, 1.54) is 4.90 Å². The molecule has 0 aromatic heterocycles. The van der Waals surface area contributed by atoms with E-state index in [-0.39, 0.29) is 18.9 Å². The maximum atomic E-state index is 12.3. The van der Waals surface area contributed by atoms with Gasteiger partial charge in [0, 0.05) is 19.1 Å². The van der Waals surface area contributed by atoms with Gasteiger partial charge in [0.1, 0.15) is 6.04 Å². The minimum absolute atomic E-state index is 0.140. The van der Waals surface area contributed by atoms with Crippen molar-refractivity contribution in [2.45, 2.75) is 38.8 Å². The summed E-state index contributed by atoms with van der Waals surface area (Å²) < 4.78 is 5.25. The first-order valence-electron chi connectivity index (χ1n) is 7.13. The van der Waals surface area contributed by atoms with E-state index in [0.717, 1.165) is 0 Å². The van der Waals surface area contributed by atoms with Gasteiger partial charge in [-0.25, -0.2) is 4.79 Å². The van der Waals surface area contributed by atoms with Crippen LogP contribution < -0.4 is 10.6 Å². The Labute approximate surface area is 123 Å². The number of rotatable bonds is 6. The van der Waals surface area contributed by atoms with Gasteiger partial charge in [-0.1, -0.05) is 6.92 Å². The summed E-state index contributed by atoms with van der Waals surface area (Å²) in [4.78, 5) is 36.3. The minimum atomic E-state index is -0.968. The molecule has 8 heteroatoms. The first-order chi connectivity index (χ1) is 9.99. The molecule has 0 bridgehead atoms. The first-order valence-corrected chi connectivity index (χ1v) is 7.13. The number of carbonyl (C=O) groups is 3. The zero-order valence-electron chi connectivity index (χ0n) is 12.4. The van der Waals surface area contributed by atoms with Gasteiger partial charge in [-0.05, 0) is 13.3 Å². The molecule has 1 saturated heterocycles. The maximum absolute atomic E-state index is 12.3. The number of carbonyl (C=O) groups excluding carboxylic acids is 2.